The predicted octanol–water partition coefficient (Wildman–Crippen LogP) is 6.44. The molecule has 2 aromatic rings. The Morgan fingerprint density at radius 1 is 1.10 bits per heavy atom. The second kappa shape index (κ2) is 7.64. The molecule has 2 rings (SSSR count). The van der Waals surface area contributed by atoms with Crippen LogP contribution in [0.5, 0.6) is 5.75 Å². The summed E-state index contributed by atoms with van der Waals surface area (Å²) in [7, 11) is 0. The molecule has 0 amide bonds. The first-order chi connectivity index (χ1) is 10.1. The van der Waals surface area contributed by atoms with Crippen LogP contribution < -0.4 is 4.74 Å². The minimum atomic E-state index is -0.346. The highest BCUT2D eigenvalue weighted by atomic mass is 35.5. The molecule has 0 radical (unpaired) electrons. The van der Waals surface area contributed by atoms with Crippen LogP contribution in [0, 0.1) is 0 Å². The summed E-state index contributed by atoms with van der Waals surface area (Å²) < 4.78 is 5.43. The van der Waals surface area contributed by atoms with E-state index in [4.69, 9.17) is 39.5 Å². The molecule has 0 aliphatic heterocycles. The van der Waals surface area contributed by atoms with E-state index in [1.165, 1.54) is 4.90 Å². The summed E-state index contributed by atoms with van der Waals surface area (Å²) in [6.07, 6.45) is 2.04. The Labute approximate surface area is 144 Å². The molecule has 1 nitrogen and oxygen atoms in total. The van der Waals surface area contributed by atoms with Gasteiger partial charge in [-0.05, 0) is 42.5 Å². The number of halogens is 3. The fraction of sp³-hybridized carbons (Fsp3) is 0.250. The molecule has 0 spiro atoms. The Hall–Kier alpha value is -0.540. The Morgan fingerprint density at radius 3 is 2.33 bits per heavy atom. The Balaban J connectivity index is 2.33. The van der Waals surface area contributed by atoms with Crippen molar-refractivity contribution in [3.8, 4) is 5.75 Å². The number of hydrogen-bond acceptors (Lipinski definition) is 2. The summed E-state index contributed by atoms with van der Waals surface area (Å²) >= 11 is 20.8. The lowest BCUT2D eigenvalue weighted by Gasteiger charge is -2.15. The van der Waals surface area contributed by atoms with Crippen LogP contribution in [0.25, 0.3) is 0 Å². The van der Waals surface area contributed by atoms with Crippen LogP contribution in [0.15, 0.2) is 41.3 Å². The summed E-state index contributed by atoms with van der Waals surface area (Å²) in [5, 5.41) is 0.723. The van der Waals surface area contributed by atoms with Crippen molar-refractivity contribution in [2.45, 2.75) is 17.2 Å². The third kappa shape index (κ3) is 4.01. The SMILES string of the molecule is CCOc1cc(Cl)c(C(Cl)c2ccc(SC)cc2)cc1Cl. The number of rotatable bonds is 5. The zero-order valence-electron chi connectivity index (χ0n) is 11.7. The van der Waals surface area contributed by atoms with E-state index in [1.807, 2.05) is 37.4 Å². The third-order valence-corrected chi connectivity index (χ3v) is 4.89. The number of hydrogen-bond donors (Lipinski definition) is 0. The maximum Gasteiger partial charge on any atom is 0.139 e. The van der Waals surface area contributed by atoms with E-state index in [9.17, 15) is 0 Å². The van der Waals surface area contributed by atoms with Crippen molar-refractivity contribution in [3.05, 3.63) is 57.6 Å². The van der Waals surface area contributed by atoms with Crippen molar-refractivity contribution >= 4 is 46.6 Å². The summed E-state index contributed by atoms with van der Waals surface area (Å²) in [6.45, 7) is 2.44. The maximum absolute atomic E-state index is 6.54. The van der Waals surface area contributed by atoms with Crippen LogP contribution in [0.2, 0.25) is 10.0 Å². The van der Waals surface area contributed by atoms with E-state index in [0.717, 1.165) is 11.1 Å². The number of benzene rings is 2. The zero-order chi connectivity index (χ0) is 15.4. The van der Waals surface area contributed by atoms with Gasteiger partial charge in [-0.15, -0.1) is 23.4 Å². The number of thioether (sulfide) groups is 1. The molecule has 1 atom stereocenters. The molecular formula is C16H15Cl3OS. The van der Waals surface area contributed by atoms with Gasteiger partial charge in [0.25, 0.3) is 0 Å². The van der Waals surface area contributed by atoms with Crippen molar-refractivity contribution in [3.63, 3.8) is 0 Å². The highest BCUT2D eigenvalue weighted by Gasteiger charge is 2.17. The second-order valence-electron chi connectivity index (χ2n) is 4.37. The van der Waals surface area contributed by atoms with Crippen molar-refractivity contribution in [1.29, 1.82) is 0 Å². The normalized spacial score (nSPS) is 12.2. The van der Waals surface area contributed by atoms with Crippen LogP contribution >= 0.6 is 46.6 Å². The lowest BCUT2D eigenvalue weighted by atomic mass is 10.0. The van der Waals surface area contributed by atoms with Crippen molar-refractivity contribution < 1.29 is 4.74 Å². The van der Waals surface area contributed by atoms with Gasteiger partial charge >= 0.3 is 0 Å². The molecule has 5 heteroatoms. The minimum absolute atomic E-state index is 0.346. The highest BCUT2D eigenvalue weighted by molar-refractivity contribution is 7.98. The van der Waals surface area contributed by atoms with E-state index in [1.54, 1.807) is 23.9 Å². The molecule has 1 unspecified atom stereocenters. The molecule has 0 saturated heterocycles. The first kappa shape index (κ1) is 16.8. The largest absolute Gasteiger partial charge is 0.492 e. The quantitative estimate of drug-likeness (QED) is 0.447. The van der Waals surface area contributed by atoms with E-state index in [2.05, 4.69) is 0 Å². The Kier molecular flexibility index (Phi) is 6.12. The number of ether oxygens (including phenoxy) is 1. The fourth-order valence-corrected chi connectivity index (χ4v) is 3.24. The standard InChI is InChI=1S/C16H15Cl3OS/c1-3-20-15-9-13(17)12(8-14(15)18)16(19)10-4-6-11(21-2)7-5-10/h4-9,16H,3H2,1-2H3. The predicted molar refractivity (Wildman–Crippen MR) is 93.6 cm³/mol. The maximum atomic E-state index is 6.54. The molecule has 112 valence electrons. The zero-order valence-corrected chi connectivity index (χ0v) is 14.8. The lowest BCUT2D eigenvalue weighted by Crippen LogP contribution is -1.98. The molecule has 0 aliphatic rings. The molecule has 0 heterocycles. The van der Waals surface area contributed by atoms with Gasteiger partial charge in [-0.25, -0.2) is 0 Å². The van der Waals surface area contributed by atoms with Gasteiger partial charge in [-0.3, -0.25) is 0 Å². The smallest absolute Gasteiger partial charge is 0.139 e. The minimum Gasteiger partial charge on any atom is -0.492 e. The molecule has 0 aliphatic carbocycles. The van der Waals surface area contributed by atoms with Crippen LogP contribution in [0.1, 0.15) is 23.4 Å². The Morgan fingerprint density at radius 2 is 1.76 bits per heavy atom. The van der Waals surface area contributed by atoms with Crippen molar-refractivity contribution in [1.82, 2.24) is 0 Å². The molecule has 0 saturated carbocycles. The van der Waals surface area contributed by atoms with Crippen LogP contribution in [0.4, 0.5) is 0 Å². The van der Waals surface area contributed by atoms with Crippen LogP contribution in [-0.2, 0) is 0 Å². The Bertz CT molecular complexity index is 614. The van der Waals surface area contributed by atoms with Gasteiger partial charge in [-0.1, -0.05) is 35.3 Å². The molecule has 0 aromatic heterocycles. The molecule has 21 heavy (non-hydrogen) atoms. The van der Waals surface area contributed by atoms with Gasteiger partial charge in [-0.2, -0.15) is 0 Å². The van der Waals surface area contributed by atoms with Gasteiger partial charge in [0.15, 0.2) is 0 Å². The summed E-state index contributed by atoms with van der Waals surface area (Å²) in [5.41, 5.74) is 1.76. The van der Waals surface area contributed by atoms with Crippen LogP contribution in [-0.4, -0.2) is 12.9 Å². The molecular weight excluding hydrogens is 347 g/mol. The first-order valence-electron chi connectivity index (χ1n) is 6.46. The van der Waals surface area contributed by atoms with Crippen LogP contribution in [0.3, 0.4) is 0 Å². The van der Waals surface area contributed by atoms with Gasteiger partial charge < -0.3 is 4.74 Å². The van der Waals surface area contributed by atoms with Gasteiger partial charge in [0.1, 0.15) is 5.75 Å². The molecule has 0 fully saturated rings. The second-order valence-corrected chi connectivity index (χ2v) is 6.50. The third-order valence-electron chi connectivity index (χ3n) is 3.03. The summed E-state index contributed by atoms with van der Waals surface area (Å²) in [5.74, 6) is 0.578. The lowest BCUT2D eigenvalue weighted by molar-refractivity contribution is 0.340. The molecule has 0 bridgehead atoms. The fourth-order valence-electron chi connectivity index (χ4n) is 1.96. The van der Waals surface area contributed by atoms with Gasteiger partial charge in [0.05, 0.1) is 17.0 Å². The van der Waals surface area contributed by atoms with Crippen molar-refractivity contribution in [2.24, 2.45) is 0 Å². The average Bonchev–Trinajstić information content (AvgIpc) is 2.50. The van der Waals surface area contributed by atoms with E-state index < -0.39 is 0 Å². The van der Waals surface area contributed by atoms with Crippen molar-refractivity contribution in [2.75, 3.05) is 12.9 Å². The summed E-state index contributed by atoms with van der Waals surface area (Å²) in [6, 6.07) is 11.6. The molecule has 2 aromatic carbocycles. The first-order valence-corrected chi connectivity index (χ1v) is 8.88. The summed E-state index contributed by atoms with van der Waals surface area (Å²) in [4.78, 5) is 1.19. The monoisotopic (exact) mass is 360 g/mol. The highest BCUT2D eigenvalue weighted by Crippen LogP contribution is 2.39. The molecule has 0 N–H and O–H groups in total. The topological polar surface area (TPSA) is 9.23 Å². The van der Waals surface area contributed by atoms with E-state index in [-0.39, 0.29) is 5.38 Å². The van der Waals surface area contributed by atoms with Gasteiger partial charge in [0, 0.05) is 16.0 Å². The van der Waals surface area contributed by atoms with Gasteiger partial charge in [0.2, 0.25) is 0 Å². The number of alkyl halides is 1. The van der Waals surface area contributed by atoms with E-state index >= 15 is 0 Å². The van der Waals surface area contributed by atoms with E-state index in [0.29, 0.717) is 22.4 Å². The average molecular weight is 362 g/mol.